The molecule has 0 saturated carbocycles. The lowest BCUT2D eigenvalue weighted by Gasteiger charge is -2.32. The first kappa shape index (κ1) is 24.1. The Hall–Kier alpha value is -2.55. The second-order valence-corrected chi connectivity index (χ2v) is 9.54. The van der Waals surface area contributed by atoms with Gasteiger partial charge in [-0.2, -0.15) is 0 Å². The van der Waals surface area contributed by atoms with Gasteiger partial charge in [0.25, 0.3) is 0 Å². The molecule has 2 aromatic rings. The van der Waals surface area contributed by atoms with Gasteiger partial charge >= 0.3 is 0 Å². The van der Waals surface area contributed by atoms with Crippen LogP contribution in [0.15, 0.2) is 42.5 Å². The molecule has 2 unspecified atom stereocenters. The van der Waals surface area contributed by atoms with Crippen molar-refractivity contribution in [3.8, 4) is 11.1 Å². The normalized spacial score (nSPS) is 16.7. The summed E-state index contributed by atoms with van der Waals surface area (Å²) in [7, 11) is 0. The molecule has 1 aliphatic carbocycles. The van der Waals surface area contributed by atoms with Crippen LogP contribution in [0.5, 0.6) is 0 Å². The van der Waals surface area contributed by atoms with Crippen LogP contribution in [-0.4, -0.2) is 17.3 Å². The molecule has 0 aromatic heterocycles. The van der Waals surface area contributed by atoms with Crippen molar-refractivity contribution in [2.75, 3.05) is 0 Å². The lowest BCUT2D eigenvalue weighted by molar-refractivity contribution is -0.126. The number of hydrogen-bond donors (Lipinski definition) is 0. The average molecular weight is 433 g/mol. The molecule has 2 atom stereocenters. The minimum Gasteiger partial charge on any atom is -0.300 e. The maximum absolute atomic E-state index is 13.2. The third-order valence-electron chi connectivity index (χ3n) is 7.14. The van der Waals surface area contributed by atoms with Gasteiger partial charge in [-0.1, -0.05) is 69.2 Å². The third kappa shape index (κ3) is 5.62. The molecule has 0 spiro atoms. The van der Waals surface area contributed by atoms with E-state index in [1.54, 1.807) is 0 Å². The van der Waals surface area contributed by atoms with Crippen LogP contribution in [0, 0.1) is 24.7 Å². The lowest BCUT2D eigenvalue weighted by Crippen LogP contribution is -2.27. The van der Waals surface area contributed by atoms with Crippen molar-refractivity contribution in [2.45, 2.75) is 72.6 Å². The maximum Gasteiger partial charge on any atom is 0.163 e. The van der Waals surface area contributed by atoms with E-state index in [-0.39, 0.29) is 35.6 Å². The Balaban J connectivity index is 1.89. The summed E-state index contributed by atoms with van der Waals surface area (Å²) in [6, 6.07) is 14.5. The van der Waals surface area contributed by atoms with E-state index in [4.69, 9.17) is 0 Å². The Bertz CT molecular complexity index is 969. The molecule has 1 aliphatic rings. The fourth-order valence-electron chi connectivity index (χ4n) is 5.61. The molecule has 0 fully saturated rings. The average Bonchev–Trinajstić information content (AvgIpc) is 2.74. The number of carbonyl (C=O) groups is 3. The first-order valence-corrected chi connectivity index (χ1v) is 12.1. The quantitative estimate of drug-likeness (QED) is 0.388. The van der Waals surface area contributed by atoms with Gasteiger partial charge in [0.05, 0.1) is 6.42 Å². The van der Waals surface area contributed by atoms with Gasteiger partial charge in [0.1, 0.15) is 11.6 Å². The Kier molecular flexibility index (Phi) is 8.17. The summed E-state index contributed by atoms with van der Waals surface area (Å²) in [6.45, 7) is 7.86. The molecule has 0 heterocycles. The summed E-state index contributed by atoms with van der Waals surface area (Å²) in [6.07, 6.45) is 4.78. The Morgan fingerprint density at radius 1 is 0.969 bits per heavy atom. The summed E-state index contributed by atoms with van der Waals surface area (Å²) in [5.74, 6) is 1.09. The Morgan fingerprint density at radius 2 is 1.66 bits per heavy atom. The molecule has 0 aliphatic heterocycles. The molecular formula is C29H36O3. The first-order chi connectivity index (χ1) is 15.3. The van der Waals surface area contributed by atoms with Crippen LogP contribution in [0.4, 0.5) is 0 Å². The highest BCUT2D eigenvalue weighted by Crippen LogP contribution is 2.39. The van der Waals surface area contributed by atoms with Gasteiger partial charge in [0, 0.05) is 18.4 Å². The van der Waals surface area contributed by atoms with Crippen LogP contribution in [0.2, 0.25) is 0 Å². The highest BCUT2D eigenvalue weighted by molar-refractivity contribution is 6.02. The van der Waals surface area contributed by atoms with E-state index in [2.05, 4.69) is 38.1 Å². The van der Waals surface area contributed by atoms with E-state index in [0.717, 1.165) is 53.5 Å². The lowest BCUT2D eigenvalue weighted by atomic mass is 9.71. The number of benzene rings is 2. The predicted octanol–water partition coefficient (Wildman–Crippen LogP) is 6.79. The molecule has 170 valence electrons. The highest BCUT2D eigenvalue weighted by Gasteiger charge is 2.32. The molecule has 3 rings (SSSR count). The standard InChI is InChI=1S/C29H36O3/c1-5-22(6-2)24(18-25(31)14-20(4)30)15-21-16-27-26(23-10-8-7-9-11-23)13-12-19(3)29(27)28(32)17-21/h7-13,21-22,24H,5-6,14-18H2,1-4H3. The van der Waals surface area contributed by atoms with Crippen molar-refractivity contribution in [1.29, 1.82) is 0 Å². The minimum absolute atomic E-state index is 0.0282. The van der Waals surface area contributed by atoms with Crippen LogP contribution < -0.4 is 0 Å². The van der Waals surface area contributed by atoms with Gasteiger partial charge in [-0.05, 0) is 66.7 Å². The molecule has 2 aromatic carbocycles. The van der Waals surface area contributed by atoms with Crippen LogP contribution in [-0.2, 0) is 16.0 Å². The smallest absolute Gasteiger partial charge is 0.163 e. The molecule has 0 bridgehead atoms. The SMILES string of the molecule is CCC(CC)C(CC(=O)CC(C)=O)CC1CC(=O)c2c(C)ccc(-c3ccccc3)c2C1. The van der Waals surface area contributed by atoms with Crippen molar-refractivity contribution >= 4 is 17.3 Å². The number of aryl methyl sites for hydroxylation is 1. The number of fused-ring (bicyclic) bond motifs is 1. The van der Waals surface area contributed by atoms with Crippen LogP contribution >= 0.6 is 0 Å². The van der Waals surface area contributed by atoms with Crippen molar-refractivity contribution in [1.82, 2.24) is 0 Å². The van der Waals surface area contributed by atoms with Crippen molar-refractivity contribution < 1.29 is 14.4 Å². The van der Waals surface area contributed by atoms with Crippen LogP contribution in [0.3, 0.4) is 0 Å². The number of Topliss-reactive ketones (excluding diaryl/α,β-unsaturated/α-hetero) is 3. The van der Waals surface area contributed by atoms with Gasteiger partial charge in [-0.15, -0.1) is 0 Å². The van der Waals surface area contributed by atoms with Crippen molar-refractivity contribution in [3.05, 3.63) is 59.2 Å². The molecule has 32 heavy (non-hydrogen) atoms. The zero-order chi connectivity index (χ0) is 23.3. The van der Waals surface area contributed by atoms with E-state index in [0.29, 0.717) is 18.8 Å². The summed E-state index contributed by atoms with van der Waals surface area (Å²) in [4.78, 5) is 37.2. The highest BCUT2D eigenvalue weighted by atomic mass is 16.1. The Labute approximate surface area is 192 Å². The van der Waals surface area contributed by atoms with E-state index < -0.39 is 0 Å². The van der Waals surface area contributed by atoms with Gasteiger partial charge in [0.15, 0.2) is 5.78 Å². The summed E-state index contributed by atoms with van der Waals surface area (Å²) < 4.78 is 0. The number of hydrogen-bond acceptors (Lipinski definition) is 3. The van der Waals surface area contributed by atoms with Gasteiger partial charge in [-0.3, -0.25) is 14.4 Å². The summed E-state index contributed by atoms with van der Waals surface area (Å²) in [5.41, 5.74) is 5.41. The minimum atomic E-state index is -0.0666. The van der Waals surface area contributed by atoms with Gasteiger partial charge in [0.2, 0.25) is 0 Å². The number of rotatable bonds is 10. The predicted molar refractivity (Wildman–Crippen MR) is 130 cm³/mol. The molecular weight excluding hydrogens is 396 g/mol. The fourth-order valence-corrected chi connectivity index (χ4v) is 5.61. The van der Waals surface area contributed by atoms with E-state index in [1.165, 1.54) is 6.92 Å². The molecule has 3 nitrogen and oxygen atoms in total. The zero-order valence-electron chi connectivity index (χ0n) is 19.9. The first-order valence-electron chi connectivity index (χ1n) is 12.1. The zero-order valence-corrected chi connectivity index (χ0v) is 19.9. The molecule has 3 heteroatoms. The topological polar surface area (TPSA) is 51.2 Å². The van der Waals surface area contributed by atoms with Gasteiger partial charge < -0.3 is 0 Å². The fraction of sp³-hybridized carbons (Fsp3) is 0.483. The second kappa shape index (κ2) is 10.8. The van der Waals surface area contributed by atoms with Gasteiger partial charge in [-0.25, -0.2) is 0 Å². The van der Waals surface area contributed by atoms with E-state index >= 15 is 0 Å². The third-order valence-corrected chi connectivity index (χ3v) is 7.14. The molecule has 0 N–H and O–H groups in total. The monoisotopic (exact) mass is 432 g/mol. The number of ketones is 3. The molecule has 0 saturated heterocycles. The molecule has 0 amide bonds. The number of carbonyl (C=O) groups excluding carboxylic acids is 3. The van der Waals surface area contributed by atoms with Crippen molar-refractivity contribution in [3.63, 3.8) is 0 Å². The Morgan fingerprint density at radius 3 is 2.28 bits per heavy atom. The summed E-state index contributed by atoms with van der Waals surface area (Å²) in [5, 5.41) is 0. The van der Waals surface area contributed by atoms with E-state index in [1.807, 2.05) is 25.1 Å². The van der Waals surface area contributed by atoms with Crippen molar-refractivity contribution in [2.24, 2.45) is 17.8 Å². The van der Waals surface area contributed by atoms with Crippen LogP contribution in [0.1, 0.15) is 80.8 Å². The maximum atomic E-state index is 13.2. The largest absolute Gasteiger partial charge is 0.300 e. The molecule has 0 radical (unpaired) electrons. The van der Waals surface area contributed by atoms with Crippen LogP contribution in [0.25, 0.3) is 11.1 Å². The summed E-state index contributed by atoms with van der Waals surface area (Å²) >= 11 is 0. The second-order valence-electron chi connectivity index (χ2n) is 9.54. The van der Waals surface area contributed by atoms with E-state index in [9.17, 15) is 14.4 Å².